The summed E-state index contributed by atoms with van der Waals surface area (Å²) >= 11 is 0. The van der Waals surface area contributed by atoms with Crippen LogP contribution in [0, 0.1) is 5.41 Å². The Labute approximate surface area is 48.0 Å². The second-order valence-electron chi connectivity index (χ2n) is 0.167. The van der Waals surface area contributed by atoms with Crippen LogP contribution in [0.2, 0.25) is 0 Å². The highest BCUT2D eigenvalue weighted by molar-refractivity contribution is 14.0. The molecule has 0 aliphatic rings. The van der Waals surface area contributed by atoms with Crippen molar-refractivity contribution in [2.75, 3.05) is 0 Å². The third-order valence-electron chi connectivity index (χ3n) is 0. The second kappa shape index (κ2) is 30.9. The summed E-state index contributed by atoms with van der Waals surface area (Å²) in [5.74, 6) is 0. The van der Waals surface area contributed by atoms with E-state index in [1.54, 1.807) is 0 Å². The Morgan fingerprint density at radius 1 is 1.60 bits per heavy atom. The lowest BCUT2D eigenvalue weighted by Gasteiger charge is -1.38. The summed E-state index contributed by atoms with van der Waals surface area (Å²) in [5, 5.41) is 5.86. The number of rotatable bonds is 0. The molecule has 0 fully saturated rings. The molecule has 0 aliphatic heterocycles. The first kappa shape index (κ1) is 19.1. The van der Waals surface area contributed by atoms with Gasteiger partial charge in [0.05, 0.1) is 6.34 Å². The summed E-state index contributed by atoms with van der Waals surface area (Å²) in [6.45, 7) is 0. The zero-order valence-electron chi connectivity index (χ0n) is 2.77. The summed E-state index contributed by atoms with van der Waals surface area (Å²) in [5.41, 5.74) is 4.39. The van der Waals surface area contributed by atoms with Gasteiger partial charge in [0, 0.05) is 0 Å². The van der Waals surface area contributed by atoms with Crippen LogP contribution in [-0.4, -0.2) is 6.34 Å². The van der Waals surface area contributed by atoms with E-state index in [0.717, 1.165) is 6.34 Å². The van der Waals surface area contributed by atoms with Gasteiger partial charge < -0.3 is 11.9 Å². The molecule has 0 saturated carbocycles. The van der Waals surface area contributed by atoms with Crippen LogP contribution in [0.5, 0.6) is 0 Å². The SMILES string of the molecule is I.N.N=CN. The highest BCUT2D eigenvalue weighted by Gasteiger charge is 1.10. The summed E-state index contributed by atoms with van der Waals surface area (Å²) in [7, 11) is 0. The molecule has 0 spiro atoms. The van der Waals surface area contributed by atoms with Crippen LogP contribution >= 0.6 is 24.0 Å². The van der Waals surface area contributed by atoms with Crippen LogP contribution < -0.4 is 11.9 Å². The number of nitrogens with two attached hydrogens (primary N) is 1. The van der Waals surface area contributed by atoms with Gasteiger partial charge in [-0.1, -0.05) is 0 Å². The maximum Gasteiger partial charge on any atom is 0.0765 e. The fourth-order valence-corrected chi connectivity index (χ4v) is 0. The molecule has 0 aliphatic carbocycles. The molecule has 0 aromatic heterocycles. The van der Waals surface area contributed by atoms with Crippen molar-refractivity contribution in [3.63, 3.8) is 0 Å². The molecule has 0 aromatic carbocycles. The smallest absolute Gasteiger partial charge is 0.0765 e. The zero-order valence-corrected chi connectivity index (χ0v) is 5.10. The lowest BCUT2D eigenvalue weighted by Crippen LogP contribution is -1.81. The van der Waals surface area contributed by atoms with Gasteiger partial charge >= 0.3 is 0 Å². The summed E-state index contributed by atoms with van der Waals surface area (Å²) in [6.07, 6.45) is 0.750. The number of nitrogens with one attached hydrogen (secondary N) is 1. The van der Waals surface area contributed by atoms with Crippen molar-refractivity contribution in [3.05, 3.63) is 0 Å². The lowest BCUT2D eigenvalue weighted by atomic mass is 11.4. The highest BCUT2D eigenvalue weighted by atomic mass is 127. The minimum atomic E-state index is 0. The molecule has 0 atom stereocenters. The van der Waals surface area contributed by atoms with Crippen LogP contribution in [0.25, 0.3) is 0 Å². The Morgan fingerprint density at radius 2 is 1.60 bits per heavy atom. The second-order valence-corrected chi connectivity index (χ2v) is 0.167. The molecule has 0 saturated heterocycles. The number of hydrogen-bond acceptors (Lipinski definition) is 2. The first-order valence-corrected chi connectivity index (χ1v) is 0.622. The van der Waals surface area contributed by atoms with E-state index in [-0.39, 0.29) is 30.1 Å². The van der Waals surface area contributed by atoms with Crippen molar-refractivity contribution in [2.45, 2.75) is 0 Å². The van der Waals surface area contributed by atoms with Crippen LogP contribution in [0.15, 0.2) is 0 Å². The van der Waals surface area contributed by atoms with Gasteiger partial charge in [-0.3, -0.25) is 5.41 Å². The molecule has 0 heterocycles. The molecular weight excluding hydrogens is 181 g/mol. The van der Waals surface area contributed by atoms with E-state index in [1.807, 2.05) is 0 Å². The van der Waals surface area contributed by atoms with Gasteiger partial charge in [0.2, 0.25) is 0 Å². The topological polar surface area (TPSA) is 84.9 Å². The normalized spacial score (nSPS) is 2.40. The van der Waals surface area contributed by atoms with Gasteiger partial charge in [0.25, 0.3) is 0 Å². The average molecular weight is 189 g/mol. The molecule has 0 rings (SSSR count). The Balaban J connectivity index is -0.0000000200. The van der Waals surface area contributed by atoms with Gasteiger partial charge in [-0.25, -0.2) is 0 Å². The molecule has 0 bridgehead atoms. The predicted octanol–water partition coefficient (Wildman–Crippen LogP) is 0.332. The van der Waals surface area contributed by atoms with Crippen molar-refractivity contribution >= 4 is 30.3 Å². The van der Waals surface area contributed by atoms with E-state index in [1.165, 1.54) is 0 Å². The van der Waals surface area contributed by atoms with Gasteiger partial charge in [0.15, 0.2) is 0 Å². The highest BCUT2D eigenvalue weighted by Crippen LogP contribution is 0.886. The number of hydrogen-bond donors (Lipinski definition) is 3. The molecule has 0 aromatic rings. The fourth-order valence-electron chi connectivity index (χ4n) is 0. The molecule has 4 heteroatoms. The van der Waals surface area contributed by atoms with Gasteiger partial charge in [-0.05, 0) is 0 Å². The van der Waals surface area contributed by atoms with E-state index in [2.05, 4.69) is 5.73 Å². The Hall–Kier alpha value is 0.160. The third-order valence-corrected chi connectivity index (χ3v) is 0. The van der Waals surface area contributed by atoms with E-state index >= 15 is 0 Å². The molecule has 0 amide bonds. The first-order valence-electron chi connectivity index (χ1n) is 0.622. The van der Waals surface area contributed by atoms with Crippen molar-refractivity contribution in [3.8, 4) is 0 Å². The van der Waals surface area contributed by atoms with Gasteiger partial charge in [0.1, 0.15) is 0 Å². The van der Waals surface area contributed by atoms with Gasteiger partial charge in [-0.15, -0.1) is 24.0 Å². The van der Waals surface area contributed by atoms with Crippen LogP contribution in [0.4, 0.5) is 0 Å². The Morgan fingerprint density at radius 3 is 1.60 bits per heavy atom. The predicted molar refractivity (Wildman–Crippen MR) is 33.4 cm³/mol. The molecule has 0 unspecified atom stereocenters. The minimum absolute atomic E-state index is 0. The molecule has 5 heavy (non-hydrogen) atoms. The molecule has 3 nitrogen and oxygen atoms in total. The van der Waals surface area contributed by atoms with E-state index in [4.69, 9.17) is 5.41 Å². The monoisotopic (exact) mass is 189 g/mol. The molecule has 34 valence electrons. The maximum absolute atomic E-state index is 5.86. The molecular formula is CH8IN3. The van der Waals surface area contributed by atoms with Gasteiger partial charge in [-0.2, -0.15) is 0 Å². The van der Waals surface area contributed by atoms with E-state index < -0.39 is 0 Å². The quantitative estimate of drug-likeness (QED) is 0.291. The van der Waals surface area contributed by atoms with E-state index in [0.29, 0.717) is 0 Å². The summed E-state index contributed by atoms with van der Waals surface area (Å²) in [6, 6.07) is 0. The first-order chi connectivity index (χ1) is 1.41. The maximum atomic E-state index is 5.86. The van der Waals surface area contributed by atoms with Crippen LogP contribution in [0.1, 0.15) is 0 Å². The zero-order chi connectivity index (χ0) is 2.71. The molecule has 0 radical (unpaired) electrons. The summed E-state index contributed by atoms with van der Waals surface area (Å²) < 4.78 is 0. The van der Waals surface area contributed by atoms with Crippen LogP contribution in [0.3, 0.4) is 0 Å². The van der Waals surface area contributed by atoms with Crippen molar-refractivity contribution in [1.82, 2.24) is 6.15 Å². The minimum Gasteiger partial charge on any atom is -0.390 e. The molecule has 6 N–H and O–H groups in total. The average Bonchev–Trinajstić information content (AvgIpc) is 0.918. The standard InChI is InChI=1S/CH4N2.HI.H3N/c2-1-3;;/h1H,(H3,2,3);1H;1H3. The Bertz CT molecular complexity index is 14.4. The number of halogens is 1. The van der Waals surface area contributed by atoms with Crippen molar-refractivity contribution in [1.29, 1.82) is 5.41 Å². The largest absolute Gasteiger partial charge is 0.390 e. The summed E-state index contributed by atoms with van der Waals surface area (Å²) in [4.78, 5) is 0. The van der Waals surface area contributed by atoms with E-state index in [9.17, 15) is 0 Å². The Kier molecular flexibility index (Phi) is 118. The van der Waals surface area contributed by atoms with Crippen molar-refractivity contribution in [2.24, 2.45) is 5.73 Å². The van der Waals surface area contributed by atoms with Crippen molar-refractivity contribution < 1.29 is 0 Å². The fraction of sp³-hybridized carbons (Fsp3) is 0. The van der Waals surface area contributed by atoms with Crippen LogP contribution in [-0.2, 0) is 0 Å². The third kappa shape index (κ3) is 758. The lowest BCUT2D eigenvalue weighted by molar-refractivity contribution is 1.52.